The molecule has 0 aliphatic carbocycles. The van der Waals surface area contributed by atoms with Crippen LogP contribution >= 0.6 is 0 Å². The minimum Gasteiger partial charge on any atom is -0.491 e. The first kappa shape index (κ1) is 18.8. The summed E-state index contributed by atoms with van der Waals surface area (Å²) < 4.78 is 16.5. The fourth-order valence-electron chi connectivity index (χ4n) is 2.22. The highest BCUT2D eigenvalue weighted by molar-refractivity contribution is 5.94. The lowest BCUT2D eigenvalue weighted by Gasteiger charge is -2.15. The second kappa shape index (κ2) is 9.69. The second-order valence-electron chi connectivity index (χ2n) is 5.64. The van der Waals surface area contributed by atoms with Crippen LogP contribution in [0.15, 0.2) is 48.5 Å². The van der Waals surface area contributed by atoms with E-state index < -0.39 is 6.10 Å². The van der Waals surface area contributed by atoms with E-state index in [1.165, 1.54) is 0 Å². The monoisotopic (exact) mass is 343 g/mol. The molecule has 0 fully saturated rings. The summed E-state index contributed by atoms with van der Waals surface area (Å²) >= 11 is 0. The molecule has 134 valence electrons. The first-order chi connectivity index (χ1) is 12.1. The molecule has 5 heteroatoms. The van der Waals surface area contributed by atoms with E-state index in [0.717, 1.165) is 5.56 Å². The van der Waals surface area contributed by atoms with Crippen LogP contribution in [0.1, 0.15) is 19.4 Å². The van der Waals surface area contributed by atoms with Crippen LogP contribution in [0.4, 0.5) is 5.69 Å². The number of nitrogens with one attached hydrogen (secondary N) is 1. The molecule has 0 saturated carbocycles. The lowest BCUT2D eigenvalue weighted by atomic mass is 10.2. The molecule has 0 aliphatic rings. The Morgan fingerprint density at radius 1 is 1.08 bits per heavy atom. The van der Waals surface area contributed by atoms with Crippen LogP contribution in [0.2, 0.25) is 0 Å². The van der Waals surface area contributed by atoms with Gasteiger partial charge in [-0.3, -0.25) is 4.79 Å². The molecule has 2 rings (SSSR count). The van der Waals surface area contributed by atoms with Gasteiger partial charge in [0.15, 0.2) is 6.10 Å². The van der Waals surface area contributed by atoms with Gasteiger partial charge in [-0.05, 0) is 50.6 Å². The maximum absolute atomic E-state index is 12.3. The van der Waals surface area contributed by atoms with Gasteiger partial charge in [-0.25, -0.2) is 0 Å². The van der Waals surface area contributed by atoms with E-state index in [1.807, 2.05) is 56.3 Å². The van der Waals surface area contributed by atoms with Crippen molar-refractivity contribution in [1.82, 2.24) is 0 Å². The Morgan fingerprint density at radius 2 is 1.84 bits per heavy atom. The highest BCUT2D eigenvalue weighted by Gasteiger charge is 2.15. The van der Waals surface area contributed by atoms with Crippen LogP contribution in [0.5, 0.6) is 11.5 Å². The molecule has 25 heavy (non-hydrogen) atoms. The van der Waals surface area contributed by atoms with Crippen molar-refractivity contribution in [2.45, 2.75) is 26.9 Å². The summed E-state index contributed by atoms with van der Waals surface area (Å²) in [6.07, 6.45) is -0.607. The molecule has 0 aromatic heterocycles. The third-order valence-corrected chi connectivity index (χ3v) is 3.47. The average molecular weight is 343 g/mol. The Balaban J connectivity index is 1.88. The number of hydrogen-bond acceptors (Lipinski definition) is 4. The quantitative estimate of drug-likeness (QED) is 0.703. The van der Waals surface area contributed by atoms with Gasteiger partial charge < -0.3 is 19.5 Å². The predicted octanol–water partition coefficient (Wildman–Crippen LogP) is 3.82. The lowest BCUT2D eigenvalue weighted by molar-refractivity contribution is -0.122. The van der Waals surface area contributed by atoms with Crippen molar-refractivity contribution in [3.63, 3.8) is 0 Å². The number of benzene rings is 2. The number of rotatable bonds is 9. The predicted molar refractivity (Wildman–Crippen MR) is 98.3 cm³/mol. The van der Waals surface area contributed by atoms with Crippen molar-refractivity contribution >= 4 is 11.6 Å². The number of hydrogen-bond donors (Lipinski definition) is 1. The molecule has 1 amide bonds. The zero-order valence-corrected chi connectivity index (χ0v) is 15.0. The normalized spacial score (nSPS) is 11.6. The average Bonchev–Trinajstić information content (AvgIpc) is 2.59. The third kappa shape index (κ3) is 6.47. The molecule has 1 N–H and O–H groups in total. The molecule has 1 atom stereocenters. The van der Waals surface area contributed by atoms with Gasteiger partial charge in [0, 0.05) is 18.4 Å². The van der Waals surface area contributed by atoms with Gasteiger partial charge in [0.25, 0.3) is 5.91 Å². The van der Waals surface area contributed by atoms with Crippen molar-refractivity contribution < 1.29 is 19.0 Å². The molecular formula is C20H25NO4. The summed E-state index contributed by atoms with van der Waals surface area (Å²) in [4.78, 5) is 12.3. The number of carbonyl (C=O) groups is 1. The summed E-state index contributed by atoms with van der Waals surface area (Å²) in [5, 5.41) is 2.84. The molecule has 2 aromatic carbocycles. The molecule has 1 unspecified atom stereocenters. The molecule has 0 radical (unpaired) electrons. The van der Waals surface area contributed by atoms with Crippen LogP contribution in [0.3, 0.4) is 0 Å². The third-order valence-electron chi connectivity index (χ3n) is 3.47. The standard InChI is InChI=1S/C20H25NO4/c1-4-23-11-12-24-18-9-6-8-17(14-18)21-20(22)16(3)25-19-10-5-7-15(2)13-19/h5-10,13-14,16H,4,11-12H2,1-3H3,(H,21,22). The van der Waals surface area contributed by atoms with Gasteiger partial charge in [-0.2, -0.15) is 0 Å². The van der Waals surface area contributed by atoms with Crippen molar-refractivity contribution in [2.75, 3.05) is 25.1 Å². The highest BCUT2D eigenvalue weighted by atomic mass is 16.5. The summed E-state index contributed by atoms with van der Waals surface area (Å²) in [6, 6.07) is 14.9. The van der Waals surface area contributed by atoms with Gasteiger partial charge >= 0.3 is 0 Å². The Hall–Kier alpha value is -2.53. The molecule has 0 saturated heterocycles. The van der Waals surface area contributed by atoms with E-state index in [9.17, 15) is 4.79 Å². The van der Waals surface area contributed by atoms with Gasteiger partial charge in [-0.1, -0.05) is 18.2 Å². The minimum atomic E-state index is -0.607. The first-order valence-electron chi connectivity index (χ1n) is 8.43. The number of anilines is 1. The molecule has 0 heterocycles. The second-order valence-corrected chi connectivity index (χ2v) is 5.64. The molecule has 5 nitrogen and oxygen atoms in total. The van der Waals surface area contributed by atoms with Gasteiger partial charge in [0.2, 0.25) is 0 Å². The lowest BCUT2D eigenvalue weighted by Crippen LogP contribution is -2.30. The smallest absolute Gasteiger partial charge is 0.265 e. The zero-order valence-electron chi connectivity index (χ0n) is 15.0. The summed E-state index contributed by atoms with van der Waals surface area (Å²) in [7, 11) is 0. The largest absolute Gasteiger partial charge is 0.491 e. The number of ether oxygens (including phenoxy) is 3. The van der Waals surface area contributed by atoms with E-state index in [0.29, 0.717) is 37.0 Å². The van der Waals surface area contributed by atoms with Gasteiger partial charge in [-0.15, -0.1) is 0 Å². The number of aryl methyl sites for hydroxylation is 1. The molecule has 0 aliphatic heterocycles. The molecular weight excluding hydrogens is 318 g/mol. The summed E-state index contributed by atoms with van der Waals surface area (Å²) in [5.74, 6) is 1.15. The Kier molecular flexibility index (Phi) is 7.29. The number of amides is 1. The Labute approximate surface area is 148 Å². The van der Waals surface area contributed by atoms with Crippen molar-refractivity contribution in [2.24, 2.45) is 0 Å². The molecule has 0 bridgehead atoms. The maximum Gasteiger partial charge on any atom is 0.265 e. The summed E-state index contributed by atoms with van der Waals surface area (Å²) in [5.41, 5.74) is 1.75. The fourth-order valence-corrected chi connectivity index (χ4v) is 2.22. The zero-order chi connectivity index (χ0) is 18.1. The highest BCUT2D eigenvalue weighted by Crippen LogP contribution is 2.19. The van der Waals surface area contributed by atoms with E-state index >= 15 is 0 Å². The minimum absolute atomic E-state index is 0.215. The maximum atomic E-state index is 12.3. The molecule has 0 spiro atoms. The van der Waals surface area contributed by atoms with Crippen LogP contribution in [-0.2, 0) is 9.53 Å². The van der Waals surface area contributed by atoms with Crippen LogP contribution in [0.25, 0.3) is 0 Å². The van der Waals surface area contributed by atoms with Crippen molar-refractivity contribution in [1.29, 1.82) is 0 Å². The first-order valence-corrected chi connectivity index (χ1v) is 8.43. The van der Waals surface area contributed by atoms with Crippen LogP contribution in [-0.4, -0.2) is 31.8 Å². The van der Waals surface area contributed by atoms with Crippen LogP contribution < -0.4 is 14.8 Å². The van der Waals surface area contributed by atoms with Crippen LogP contribution in [0, 0.1) is 6.92 Å². The Bertz CT molecular complexity index is 687. The summed E-state index contributed by atoms with van der Waals surface area (Å²) in [6.45, 7) is 7.32. The topological polar surface area (TPSA) is 56.8 Å². The van der Waals surface area contributed by atoms with E-state index in [-0.39, 0.29) is 5.91 Å². The Morgan fingerprint density at radius 3 is 2.60 bits per heavy atom. The van der Waals surface area contributed by atoms with Gasteiger partial charge in [0.1, 0.15) is 18.1 Å². The van der Waals surface area contributed by atoms with Crippen molar-refractivity contribution in [3.05, 3.63) is 54.1 Å². The van der Waals surface area contributed by atoms with E-state index in [4.69, 9.17) is 14.2 Å². The van der Waals surface area contributed by atoms with E-state index in [2.05, 4.69) is 5.32 Å². The SMILES string of the molecule is CCOCCOc1cccc(NC(=O)C(C)Oc2cccc(C)c2)c1. The van der Waals surface area contributed by atoms with Crippen molar-refractivity contribution in [3.8, 4) is 11.5 Å². The fraction of sp³-hybridized carbons (Fsp3) is 0.350. The number of carbonyl (C=O) groups excluding carboxylic acids is 1. The van der Waals surface area contributed by atoms with E-state index in [1.54, 1.807) is 13.0 Å². The van der Waals surface area contributed by atoms with Gasteiger partial charge in [0.05, 0.1) is 6.61 Å². The molecule has 2 aromatic rings.